The Bertz CT molecular complexity index is 340. The van der Waals surface area contributed by atoms with Crippen LogP contribution in [-0.2, 0) is 9.59 Å². The number of carboxylic acid groups (broad SMARTS) is 1. The summed E-state index contributed by atoms with van der Waals surface area (Å²) in [6.45, 7) is 12.6. The van der Waals surface area contributed by atoms with Gasteiger partial charge in [0, 0.05) is 18.5 Å². The first kappa shape index (κ1) is 19.9. The van der Waals surface area contributed by atoms with Crippen LogP contribution in [0.4, 0.5) is 0 Å². The van der Waals surface area contributed by atoms with Gasteiger partial charge in [-0.15, -0.1) is 0 Å². The number of hydrogen-bond donors (Lipinski definition) is 3. The zero-order valence-corrected chi connectivity index (χ0v) is 14.4. The van der Waals surface area contributed by atoms with Crippen LogP contribution < -0.4 is 10.6 Å². The average Bonchev–Trinajstić information content (AvgIpc) is 2.22. The smallest absolute Gasteiger partial charge is 0.320 e. The lowest BCUT2D eigenvalue weighted by Gasteiger charge is -2.26. The van der Waals surface area contributed by atoms with Gasteiger partial charge in [0.2, 0.25) is 5.91 Å². The summed E-state index contributed by atoms with van der Waals surface area (Å²) in [6, 6.07) is -0.532. The zero-order valence-electron chi connectivity index (χ0n) is 14.4. The van der Waals surface area contributed by atoms with Crippen molar-refractivity contribution in [2.24, 2.45) is 5.41 Å². The van der Waals surface area contributed by atoms with Crippen molar-refractivity contribution >= 4 is 11.9 Å². The molecule has 0 aliphatic heterocycles. The van der Waals surface area contributed by atoms with Crippen molar-refractivity contribution in [1.29, 1.82) is 0 Å². The third-order valence-corrected chi connectivity index (χ3v) is 2.84. The summed E-state index contributed by atoms with van der Waals surface area (Å²) >= 11 is 0. The van der Waals surface area contributed by atoms with E-state index in [9.17, 15) is 14.7 Å². The molecule has 5 nitrogen and oxygen atoms in total. The van der Waals surface area contributed by atoms with Gasteiger partial charge in [-0.1, -0.05) is 20.8 Å². The number of nitrogens with one attached hydrogen (secondary N) is 2. The Morgan fingerprint density at radius 3 is 2.05 bits per heavy atom. The number of carboxylic acids is 1. The maximum Gasteiger partial charge on any atom is 0.320 e. The highest BCUT2D eigenvalue weighted by Gasteiger charge is 2.22. The zero-order chi connectivity index (χ0) is 16.7. The molecule has 0 fully saturated rings. The number of rotatable bonds is 8. The van der Waals surface area contributed by atoms with E-state index >= 15 is 0 Å². The van der Waals surface area contributed by atoms with Crippen molar-refractivity contribution in [3.63, 3.8) is 0 Å². The fourth-order valence-corrected chi connectivity index (χ4v) is 2.03. The number of carbonyl (C=O) groups is 2. The minimum absolute atomic E-state index is 0.00485. The Morgan fingerprint density at radius 1 is 1.05 bits per heavy atom. The van der Waals surface area contributed by atoms with Gasteiger partial charge in [0.25, 0.3) is 0 Å². The monoisotopic (exact) mass is 300 g/mol. The molecule has 0 saturated carbocycles. The lowest BCUT2D eigenvalue weighted by molar-refractivity contribution is -0.140. The largest absolute Gasteiger partial charge is 0.480 e. The van der Waals surface area contributed by atoms with Crippen LogP contribution in [0, 0.1) is 5.41 Å². The van der Waals surface area contributed by atoms with E-state index in [2.05, 4.69) is 10.6 Å². The number of aliphatic carboxylic acids is 1. The first-order valence-corrected chi connectivity index (χ1v) is 7.68. The molecule has 0 unspecified atom stereocenters. The predicted molar refractivity (Wildman–Crippen MR) is 85.2 cm³/mol. The van der Waals surface area contributed by atoms with Crippen LogP contribution in [0.2, 0.25) is 0 Å². The maximum atomic E-state index is 11.6. The van der Waals surface area contributed by atoms with Crippen LogP contribution in [-0.4, -0.2) is 35.1 Å². The molecule has 0 spiro atoms. The van der Waals surface area contributed by atoms with E-state index in [4.69, 9.17) is 0 Å². The highest BCUT2D eigenvalue weighted by atomic mass is 16.4. The second-order valence-corrected chi connectivity index (χ2v) is 7.87. The molecule has 1 atom stereocenters. The standard InChI is InChI=1S/C16H32N2O3/c1-15(2,3)11-13(19)17-10-8-7-9-12(14(20)21)18-16(4,5)6/h12,18H,7-11H2,1-6H3,(H,17,19)(H,20,21)/t12-/m1/s1. The van der Waals surface area contributed by atoms with Crippen LogP contribution in [0.5, 0.6) is 0 Å². The molecule has 0 radical (unpaired) electrons. The van der Waals surface area contributed by atoms with Gasteiger partial charge < -0.3 is 10.4 Å². The number of carbonyl (C=O) groups excluding carboxylic acids is 1. The molecule has 0 rings (SSSR count). The molecule has 3 N–H and O–H groups in total. The van der Waals surface area contributed by atoms with Crippen LogP contribution in [0.1, 0.15) is 67.2 Å². The Labute approximate surface area is 128 Å². The lowest BCUT2D eigenvalue weighted by atomic mass is 9.92. The molecule has 0 heterocycles. The van der Waals surface area contributed by atoms with Crippen LogP contribution in [0.25, 0.3) is 0 Å². The molecule has 0 aromatic carbocycles. The molecule has 21 heavy (non-hydrogen) atoms. The fraction of sp³-hybridized carbons (Fsp3) is 0.875. The van der Waals surface area contributed by atoms with Gasteiger partial charge in [-0.3, -0.25) is 14.9 Å². The minimum Gasteiger partial charge on any atom is -0.480 e. The first-order chi connectivity index (χ1) is 9.41. The van der Waals surface area contributed by atoms with Crippen LogP contribution in [0.3, 0.4) is 0 Å². The van der Waals surface area contributed by atoms with Crippen molar-refractivity contribution in [2.45, 2.75) is 78.8 Å². The van der Waals surface area contributed by atoms with Gasteiger partial charge in [-0.05, 0) is 45.4 Å². The molecule has 0 aromatic heterocycles. The molecule has 0 bridgehead atoms. The van der Waals surface area contributed by atoms with Crippen molar-refractivity contribution in [1.82, 2.24) is 10.6 Å². The quantitative estimate of drug-likeness (QED) is 0.602. The fourth-order valence-electron chi connectivity index (χ4n) is 2.03. The van der Waals surface area contributed by atoms with Gasteiger partial charge in [-0.25, -0.2) is 0 Å². The van der Waals surface area contributed by atoms with E-state index < -0.39 is 12.0 Å². The van der Waals surface area contributed by atoms with E-state index in [1.165, 1.54) is 0 Å². The van der Waals surface area contributed by atoms with Crippen LogP contribution >= 0.6 is 0 Å². The maximum absolute atomic E-state index is 11.6. The Morgan fingerprint density at radius 2 is 1.62 bits per heavy atom. The van der Waals surface area contributed by atoms with Crippen molar-refractivity contribution in [3.8, 4) is 0 Å². The molecule has 5 heteroatoms. The summed E-state index contributed by atoms with van der Waals surface area (Å²) in [4.78, 5) is 22.8. The second-order valence-electron chi connectivity index (χ2n) is 7.87. The normalized spacial score (nSPS) is 13.8. The Kier molecular flexibility index (Phi) is 7.93. The van der Waals surface area contributed by atoms with Gasteiger partial charge in [-0.2, -0.15) is 0 Å². The molecular weight excluding hydrogens is 268 g/mol. The van der Waals surface area contributed by atoms with Crippen LogP contribution in [0.15, 0.2) is 0 Å². The van der Waals surface area contributed by atoms with E-state index in [0.29, 0.717) is 19.4 Å². The number of hydrogen-bond acceptors (Lipinski definition) is 3. The Hall–Kier alpha value is -1.10. The Balaban J connectivity index is 3.92. The summed E-state index contributed by atoms with van der Waals surface area (Å²) in [5.41, 5.74) is -0.223. The highest BCUT2D eigenvalue weighted by molar-refractivity contribution is 5.76. The third kappa shape index (κ3) is 12.4. The predicted octanol–water partition coefficient (Wildman–Crippen LogP) is 2.55. The van der Waals surface area contributed by atoms with Gasteiger partial charge in [0.15, 0.2) is 0 Å². The van der Waals surface area contributed by atoms with Gasteiger partial charge in [0.1, 0.15) is 6.04 Å². The molecule has 1 amide bonds. The second kappa shape index (κ2) is 8.37. The molecule has 0 saturated heterocycles. The highest BCUT2D eigenvalue weighted by Crippen LogP contribution is 2.17. The molecule has 0 aliphatic rings. The lowest BCUT2D eigenvalue weighted by Crippen LogP contribution is -2.47. The van der Waals surface area contributed by atoms with Gasteiger partial charge >= 0.3 is 5.97 Å². The van der Waals surface area contributed by atoms with E-state index in [0.717, 1.165) is 12.8 Å². The average molecular weight is 300 g/mol. The third-order valence-electron chi connectivity index (χ3n) is 2.84. The molecular formula is C16H32N2O3. The topological polar surface area (TPSA) is 78.4 Å². The summed E-state index contributed by atoms with van der Waals surface area (Å²) in [5, 5.41) is 15.2. The summed E-state index contributed by atoms with van der Waals surface area (Å²) < 4.78 is 0. The minimum atomic E-state index is -0.818. The SMILES string of the molecule is CC(C)(C)CC(=O)NCCCC[C@@H](NC(C)(C)C)C(=O)O. The van der Waals surface area contributed by atoms with Gasteiger partial charge in [0.05, 0.1) is 0 Å². The molecule has 124 valence electrons. The summed E-state index contributed by atoms with van der Waals surface area (Å²) in [7, 11) is 0. The van der Waals surface area contributed by atoms with E-state index in [1.54, 1.807) is 0 Å². The number of amides is 1. The molecule has 0 aromatic rings. The van der Waals surface area contributed by atoms with Crippen molar-refractivity contribution in [3.05, 3.63) is 0 Å². The summed E-state index contributed by atoms with van der Waals surface area (Å²) in [6.07, 6.45) is 2.65. The first-order valence-electron chi connectivity index (χ1n) is 7.68. The van der Waals surface area contributed by atoms with Crippen molar-refractivity contribution in [2.75, 3.05) is 6.54 Å². The number of unbranched alkanes of at least 4 members (excludes halogenated alkanes) is 1. The van der Waals surface area contributed by atoms with E-state index in [1.807, 2.05) is 41.5 Å². The van der Waals surface area contributed by atoms with E-state index in [-0.39, 0.29) is 16.9 Å². The van der Waals surface area contributed by atoms with Crippen molar-refractivity contribution < 1.29 is 14.7 Å². The summed E-state index contributed by atoms with van der Waals surface area (Å²) in [5.74, 6) is -0.758. The molecule has 0 aliphatic carbocycles.